The molecule has 1 aliphatic rings. The van der Waals surface area contributed by atoms with Gasteiger partial charge in [0.2, 0.25) is 5.91 Å². The standard InChI is InChI=1S/C22H31N5O5/c1-16(2)15-19(21(29)24-8-7-23)26-20(28)17-3-5-18(6-4-17)25-22(30)32-14-11-27-9-12-31-13-10-27/h3-6,16,19H,8-15H2,1-2H3,(H,24,29)(H,25,30)(H,26,28). The summed E-state index contributed by atoms with van der Waals surface area (Å²) in [5, 5.41) is 16.4. The molecule has 0 bridgehead atoms. The summed E-state index contributed by atoms with van der Waals surface area (Å²) in [6.07, 6.45) is -0.125. The number of nitrogens with one attached hydrogen (secondary N) is 3. The Morgan fingerprint density at radius 2 is 1.88 bits per heavy atom. The Labute approximate surface area is 188 Å². The first-order valence-electron chi connectivity index (χ1n) is 10.7. The molecular weight excluding hydrogens is 414 g/mol. The van der Waals surface area contributed by atoms with Crippen molar-refractivity contribution in [2.24, 2.45) is 5.92 Å². The molecule has 174 valence electrons. The van der Waals surface area contributed by atoms with Crippen LogP contribution in [0.5, 0.6) is 0 Å². The second-order valence-electron chi connectivity index (χ2n) is 7.82. The highest BCUT2D eigenvalue weighted by atomic mass is 16.5. The van der Waals surface area contributed by atoms with E-state index in [2.05, 4.69) is 20.9 Å². The Morgan fingerprint density at radius 1 is 1.19 bits per heavy atom. The van der Waals surface area contributed by atoms with Gasteiger partial charge in [0.1, 0.15) is 19.2 Å². The van der Waals surface area contributed by atoms with Crippen LogP contribution in [0.1, 0.15) is 30.6 Å². The molecule has 0 spiro atoms. The number of hydrogen-bond acceptors (Lipinski definition) is 7. The number of hydrogen-bond donors (Lipinski definition) is 3. The number of carbonyl (C=O) groups excluding carboxylic acids is 3. The van der Waals surface area contributed by atoms with Crippen LogP contribution >= 0.6 is 0 Å². The highest BCUT2D eigenvalue weighted by Gasteiger charge is 2.22. The number of anilines is 1. The van der Waals surface area contributed by atoms with Crippen molar-refractivity contribution in [3.8, 4) is 6.07 Å². The zero-order valence-electron chi connectivity index (χ0n) is 18.6. The SMILES string of the molecule is CC(C)CC(NC(=O)c1ccc(NC(=O)OCCN2CCOCC2)cc1)C(=O)NCC#N. The van der Waals surface area contributed by atoms with Crippen LogP contribution in [0.15, 0.2) is 24.3 Å². The number of amides is 3. The highest BCUT2D eigenvalue weighted by molar-refractivity contribution is 5.98. The molecule has 32 heavy (non-hydrogen) atoms. The van der Waals surface area contributed by atoms with Crippen molar-refractivity contribution in [2.45, 2.75) is 26.3 Å². The first-order chi connectivity index (χ1) is 15.4. The van der Waals surface area contributed by atoms with E-state index in [1.807, 2.05) is 19.9 Å². The molecule has 0 aromatic heterocycles. The molecule has 1 saturated heterocycles. The van der Waals surface area contributed by atoms with E-state index in [4.69, 9.17) is 14.7 Å². The lowest BCUT2D eigenvalue weighted by molar-refractivity contribution is -0.123. The van der Waals surface area contributed by atoms with Crippen molar-refractivity contribution in [1.82, 2.24) is 15.5 Å². The zero-order valence-corrected chi connectivity index (χ0v) is 18.6. The first-order valence-corrected chi connectivity index (χ1v) is 10.7. The number of nitriles is 1. The number of nitrogens with zero attached hydrogens (tertiary/aromatic N) is 2. The Kier molecular flexibility index (Phi) is 10.4. The van der Waals surface area contributed by atoms with Crippen molar-refractivity contribution in [2.75, 3.05) is 51.3 Å². The van der Waals surface area contributed by atoms with Crippen molar-refractivity contribution in [3.05, 3.63) is 29.8 Å². The third-order valence-corrected chi connectivity index (χ3v) is 4.81. The first kappa shape index (κ1) is 25.1. The minimum atomic E-state index is -0.741. The molecule has 10 heteroatoms. The van der Waals surface area contributed by atoms with Gasteiger partial charge in [0.15, 0.2) is 0 Å². The van der Waals surface area contributed by atoms with Gasteiger partial charge in [0.25, 0.3) is 5.91 Å². The van der Waals surface area contributed by atoms with Crippen molar-refractivity contribution >= 4 is 23.6 Å². The summed E-state index contributed by atoms with van der Waals surface area (Å²) in [6.45, 7) is 7.72. The van der Waals surface area contributed by atoms with Crippen LogP contribution in [0.3, 0.4) is 0 Å². The number of ether oxygens (including phenoxy) is 2. The van der Waals surface area contributed by atoms with Gasteiger partial charge in [-0.05, 0) is 36.6 Å². The molecule has 1 unspecified atom stereocenters. The summed E-state index contributed by atoms with van der Waals surface area (Å²) < 4.78 is 10.5. The second kappa shape index (κ2) is 13.3. The Balaban J connectivity index is 1.82. The normalized spacial score (nSPS) is 14.8. The van der Waals surface area contributed by atoms with Gasteiger partial charge in [-0.2, -0.15) is 5.26 Å². The van der Waals surface area contributed by atoms with E-state index in [9.17, 15) is 14.4 Å². The van der Waals surface area contributed by atoms with Gasteiger partial charge < -0.3 is 20.1 Å². The molecule has 3 N–H and O–H groups in total. The molecule has 1 fully saturated rings. The maximum Gasteiger partial charge on any atom is 0.411 e. The monoisotopic (exact) mass is 445 g/mol. The van der Waals surface area contributed by atoms with E-state index < -0.39 is 23.9 Å². The summed E-state index contributed by atoms with van der Waals surface area (Å²) in [4.78, 5) is 38.9. The third kappa shape index (κ3) is 8.91. The molecule has 0 aliphatic carbocycles. The quantitative estimate of drug-likeness (QED) is 0.463. The van der Waals surface area contributed by atoms with E-state index in [0.717, 1.165) is 13.1 Å². The summed E-state index contributed by atoms with van der Waals surface area (Å²) >= 11 is 0. The van der Waals surface area contributed by atoms with E-state index in [-0.39, 0.29) is 19.1 Å². The molecule has 2 rings (SSSR count). The lowest BCUT2D eigenvalue weighted by Gasteiger charge is -2.26. The van der Waals surface area contributed by atoms with Gasteiger partial charge in [0.05, 0.1) is 19.3 Å². The van der Waals surface area contributed by atoms with Gasteiger partial charge in [-0.25, -0.2) is 4.79 Å². The van der Waals surface area contributed by atoms with Crippen LogP contribution < -0.4 is 16.0 Å². The predicted octanol–water partition coefficient (Wildman–Crippen LogP) is 1.35. The smallest absolute Gasteiger partial charge is 0.411 e. The lowest BCUT2D eigenvalue weighted by Crippen LogP contribution is -2.47. The van der Waals surface area contributed by atoms with Crippen molar-refractivity contribution < 1.29 is 23.9 Å². The fourth-order valence-corrected chi connectivity index (χ4v) is 3.15. The van der Waals surface area contributed by atoms with Crippen LogP contribution in [0.2, 0.25) is 0 Å². The van der Waals surface area contributed by atoms with E-state index in [1.165, 1.54) is 0 Å². The summed E-state index contributed by atoms with van der Waals surface area (Å²) in [5.41, 5.74) is 0.835. The molecule has 1 heterocycles. The largest absolute Gasteiger partial charge is 0.448 e. The van der Waals surface area contributed by atoms with E-state index in [1.54, 1.807) is 24.3 Å². The minimum Gasteiger partial charge on any atom is -0.448 e. The van der Waals surface area contributed by atoms with Gasteiger partial charge in [-0.15, -0.1) is 0 Å². The van der Waals surface area contributed by atoms with Gasteiger partial charge in [-0.1, -0.05) is 13.8 Å². The molecule has 3 amide bonds. The summed E-state index contributed by atoms with van der Waals surface area (Å²) in [5.74, 6) is -0.636. The lowest BCUT2D eigenvalue weighted by atomic mass is 10.0. The van der Waals surface area contributed by atoms with Crippen LogP contribution in [0, 0.1) is 17.2 Å². The van der Waals surface area contributed by atoms with E-state index in [0.29, 0.717) is 37.4 Å². The number of benzene rings is 1. The van der Waals surface area contributed by atoms with Gasteiger partial charge >= 0.3 is 6.09 Å². The van der Waals surface area contributed by atoms with Crippen molar-refractivity contribution in [1.29, 1.82) is 5.26 Å². The van der Waals surface area contributed by atoms with E-state index >= 15 is 0 Å². The predicted molar refractivity (Wildman–Crippen MR) is 118 cm³/mol. The average molecular weight is 446 g/mol. The summed E-state index contributed by atoms with van der Waals surface area (Å²) in [7, 11) is 0. The molecule has 0 saturated carbocycles. The van der Waals surface area contributed by atoms with Crippen LogP contribution in [-0.2, 0) is 14.3 Å². The van der Waals surface area contributed by atoms with Crippen LogP contribution in [0.4, 0.5) is 10.5 Å². The number of rotatable bonds is 10. The molecular formula is C22H31N5O5. The maximum absolute atomic E-state index is 12.6. The fraction of sp³-hybridized carbons (Fsp3) is 0.545. The molecule has 1 aromatic rings. The Morgan fingerprint density at radius 3 is 2.50 bits per heavy atom. The van der Waals surface area contributed by atoms with Gasteiger partial charge in [-0.3, -0.25) is 19.8 Å². The molecule has 1 aromatic carbocycles. The second-order valence-corrected chi connectivity index (χ2v) is 7.82. The van der Waals surface area contributed by atoms with Crippen molar-refractivity contribution in [3.63, 3.8) is 0 Å². The molecule has 1 atom stereocenters. The molecule has 10 nitrogen and oxygen atoms in total. The fourth-order valence-electron chi connectivity index (χ4n) is 3.15. The highest BCUT2D eigenvalue weighted by Crippen LogP contribution is 2.12. The minimum absolute atomic E-state index is 0.119. The zero-order chi connectivity index (χ0) is 23.3. The van der Waals surface area contributed by atoms with Gasteiger partial charge in [0, 0.05) is 30.9 Å². The Bertz CT molecular complexity index is 800. The topological polar surface area (TPSA) is 133 Å². The maximum atomic E-state index is 12.6. The number of carbonyl (C=O) groups is 3. The summed E-state index contributed by atoms with van der Waals surface area (Å²) in [6, 6.07) is 7.39. The molecule has 0 radical (unpaired) electrons. The average Bonchev–Trinajstić information content (AvgIpc) is 2.77. The van der Waals surface area contributed by atoms with Crippen LogP contribution in [0.25, 0.3) is 0 Å². The van der Waals surface area contributed by atoms with Crippen LogP contribution in [-0.4, -0.2) is 74.8 Å². The number of morpholine rings is 1. The Hall–Kier alpha value is -3.16. The molecule has 1 aliphatic heterocycles. The third-order valence-electron chi connectivity index (χ3n) is 4.81.